The SMILES string of the molecule is CNC1CCC(Oc2ncnc3sc4c(c23)[C@@H](C)CC4)CC1.CO. The van der Waals surface area contributed by atoms with Gasteiger partial charge >= 0.3 is 0 Å². The van der Waals surface area contributed by atoms with Crippen LogP contribution in [0.5, 0.6) is 5.88 Å². The standard InChI is InChI=1S/C17H23N3OS.CH4O/c1-10-3-8-13-14(10)15-16(19-9-20-17(15)22-13)21-12-6-4-11(18-2)5-7-12;1-2/h9-12,18H,3-8H2,1-2H3;2H,1H3/t10-,11?,12?;/m0./s1. The second-order valence-corrected chi connectivity index (χ2v) is 7.70. The molecule has 0 saturated heterocycles. The van der Waals surface area contributed by atoms with Gasteiger partial charge in [-0.05, 0) is 57.1 Å². The molecule has 0 aliphatic heterocycles. The first kappa shape index (κ1) is 17.6. The summed E-state index contributed by atoms with van der Waals surface area (Å²) in [6, 6.07) is 0.649. The summed E-state index contributed by atoms with van der Waals surface area (Å²) in [7, 11) is 3.05. The molecule has 2 aromatic heterocycles. The highest BCUT2D eigenvalue weighted by Gasteiger charge is 2.29. The van der Waals surface area contributed by atoms with E-state index in [1.165, 1.54) is 41.5 Å². The molecule has 0 bridgehead atoms. The van der Waals surface area contributed by atoms with Crippen molar-refractivity contribution in [2.24, 2.45) is 0 Å². The Hall–Kier alpha value is -1.24. The topological polar surface area (TPSA) is 67.3 Å². The lowest BCUT2D eigenvalue weighted by Crippen LogP contribution is -2.34. The number of nitrogens with zero attached hydrogens (tertiary/aromatic N) is 2. The molecule has 2 N–H and O–H groups in total. The van der Waals surface area contributed by atoms with Crippen LogP contribution in [0.15, 0.2) is 6.33 Å². The van der Waals surface area contributed by atoms with E-state index in [4.69, 9.17) is 9.84 Å². The highest BCUT2D eigenvalue weighted by molar-refractivity contribution is 7.19. The molecule has 24 heavy (non-hydrogen) atoms. The smallest absolute Gasteiger partial charge is 0.225 e. The Balaban J connectivity index is 0.000000815. The van der Waals surface area contributed by atoms with Crippen LogP contribution in [0.4, 0.5) is 0 Å². The highest BCUT2D eigenvalue weighted by atomic mass is 32.1. The summed E-state index contributed by atoms with van der Waals surface area (Å²) in [5, 5.41) is 11.6. The van der Waals surface area contributed by atoms with E-state index in [0.717, 1.165) is 30.7 Å². The van der Waals surface area contributed by atoms with Crippen LogP contribution >= 0.6 is 11.3 Å². The van der Waals surface area contributed by atoms with Crippen molar-refractivity contribution in [1.29, 1.82) is 0 Å². The molecule has 0 amide bonds. The van der Waals surface area contributed by atoms with Gasteiger partial charge in [0, 0.05) is 18.0 Å². The zero-order valence-electron chi connectivity index (χ0n) is 14.7. The van der Waals surface area contributed by atoms with Crippen LogP contribution in [0.3, 0.4) is 0 Å². The van der Waals surface area contributed by atoms with Gasteiger partial charge in [0.25, 0.3) is 0 Å². The zero-order valence-corrected chi connectivity index (χ0v) is 15.5. The fourth-order valence-corrected chi connectivity index (χ4v) is 5.15. The van der Waals surface area contributed by atoms with Gasteiger partial charge in [-0.2, -0.15) is 0 Å². The number of ether oxygens (including phenoxy) is 1. The quantitative estimate of drug-likeness (QED) is 0.890. The maximum atomic E-state index is 7.00. The first-order valence-electron chi connectivity index (χ1n) is 8.81. The van der Waals surface area contributed by atoms with Crippen molar-refractivity contribution in [1.82, 2.24) is 15.3 Å². The number of hydrogen-bond donors (Lipinski definition) is 2. The van der Waals surface area contributed by atoms with Crippen LogP contribution in [-0.4, -0.2) is 41.4 Å². The zero-order chi connectivity index (χ0) is 17.1. The summed E-state index contributed by atoms with van der Waals surface area (Å²) in [6.45, 7) is 2.31. The Morgan fingerprint density at radius 2 is 1.92 bits per heavy atom. The Labute approximate surface area is 147 Å². The molecule has 0 spiro atoms. The van der Waals surface area contributed by atoms with Crippen molar-refractivity contribution in [3.8, 4) is 5.88 Å². The molecule has 0 aromatic carbocycles. The number of aliphatic hydroxyl groups excluding tert-OH is 1. The van der Waals surface area contributed by atoms with Crippen LogP contribution in [-0.2, 0) is 6.42 Å². The highest BCUT2D eigenvalue weighted by Crippen LogP contribution is 2.45. The van der Waals surface area contributed by atoms with Gasteiger partial charge < -0.3 is 15.2 Å². The molecular weight excluding hydrogens is 322 g/mol. The van der Waals surface area contributed by atoms with E-state index < -0.39 is 0 Å². The third-order valence-electron chi connectivity index (χ3n) is 5.23. The van der Waals surface area contributed by atoms with Crippen LogP contribution in [0, 0.1) is 0 Å². The molecule has 1 atom stereocenters. The summed E-state index contributed by atoms with van der Waals surface area (Å²) < 4.78 is 6.32. The van der Waals surface area contributed by atoms with Crippen molar-refractivity contribution in [3.63, 3.8) is 0 Å². The lowest BCUT2D eigenvalue weighted by molar-refractivity contribution is 0.137. The third-order valence-corrected chi connectivity index (χ3v) is 6.40. The average molecular weight is 350 g/mol. The van der Waals surface area contributed by atoms with Crippen LogP contribution in [0.1, 0.15) is 55.4 Å². The van der Waals surface area contributed by atoms with Crippen molar-refractivity contribution in [3.05, 3.63) is 16.8 Å². The Morgan fingerprint density at radius 1 is 1.17 bits per heavy atom. The Bertz CT molecular complexity index is 680. The first-order valence-corrected chi connectivity index (χ1v) is 9.62. The second kappa shape index (κ2) is 7.76. The number of thiophene rings is 1. The number of fused-ring (bicyclic) bond motifs is 3. The summed E-state index contributed by atoms with van der Waals surface area (Å²) in [6.07, 6.45) is 8.99. The number of rotatable bonds is 3. The van der Waals surface area contributed by atoms with E-state index in [2.05, 4.69) is 29.3 Å². The van der Waals surface area contributed by atoms with Gasteiger partial charge in [0.15, 0.2) is 0 Å². The van der Waals surface area contributed by atoms with Gasteiger partial charge in [0.1, 0.15) is 17.3 Å². The van der Waals surface area contributed by atoms with E-state index in [-0.39, 0.29) is 0 Å². The molecular formula is C18H27N3O2S. The lowest BCUT2D eigenvalue weighted by Gasteiger charge is -2.28. The van der Waals surface area contributed by atoms with Crippen LogP contribution in [0.25, 0.3) is 10.2 Å². The van der Waals surface area contributed by atoms with Gasteiger partial charge in [0.2, 0.25) is 5.88 Å². The van der Waals surface area contributed by atoms with Gasteiger partial charge in [0.05, 0.1) is 5.39 Å². The Kier molecular flexibility index (Phi) is 5.69. The maximum Gasteiger partial charge on any atom is 0.225 e. The largest absolute Gasteiger partial charge is 0.474 e. The van der Waals surface area contributed by atoms with Gasteiger partial charge in [-0.15, -0.1) is 11.3 Å². The van der Waals surface area contributed by atoms with E-state index in [1.54, 1.807) is 6.33 Å². The molecule has 2 aliphatic rings. The fraction of sp³-hybridized carbons (Fsp3) is 0.667. The Morgan fingerprint density at radius 3 is 2.62 bits per heavy atom. The van der Waals surface area contributed by atoms with Gasteiger partial charge in [-0.3, -0.25) is 0 Å². The monoisotopic (exact) mass is 349 g/mol. The average Bonchev–Trinajstić information content (AvgIpc) is 3.17. The van der Waals surface area contributed by atoms with E-state index in [9.17, 15) is 0 Å². The van der Waals surface area contributed by atoms with Crippen molar-refractivity contribution < 1.29 is 9.84 Å². The lowest BCUT2D eigenvalue weighted by atomic mass is 9.93. The second-order valence-electron chi connectivity index (χ2n) is 6.62. The van der Waals surface area contributed by atoms with Crippen molar-refractivity contribution >= 4 is 21.6 Å². The molecule has 1 saturated carbocycles. The summed E-state index contributed by atoms with van der Waals surface area (Å²) >= 11 is 1.83. The van der Waals surface area contributed by atoms with E-state index in [1.807, 2.05) is 11.3 Å². The number of aliphatic hydroxyl groups is 1. The predicted molar refractivity (Wildman–Crippen MR) is 98.0 cm³/mol. The third kappa shape index (κ3) is 3.27. The van der Waals surface area contributed by atoms with E-state index in [0.29, 0.717) is 18.1 Å². The number of aryl methyl sites for hydroxylation is 1. The van der Waals surface area contributed by atoms with E-state index >= 15 is 0 Å². The maximum absolute atomic E-state index is 7.00. The summed E-state index contributed by atoms with van der Waals surface area (Å²) in [5.74, 6) is 1.43. The molecule has 132 valence electrons. The normalized spacial score (nSPS) is 25.9. The number of nitrogens with one attached hydrogen (secondary N) is 1. The van der Waals surface area contributed by atoms with Crippen LogP contribution in [0.2, 0.25) is 0 Å². The van der Waals surface area contributed by atoms with Crippen molar-refractivity contribution in [2.45, 2.75) is 63.5 Å². The minimum atomic E-state index is 0.301. The molecule has 6 heteroatoms. The predicted octanol–water partition coefficient (Wildman–Crippen LogP) is 3.26. The number of hydrogen-bond acceptors (Lipinski definition) is 6. The van der Waals surface area contributed by atoms with Crippen molar-refractivity contribution in [2.75, 3.05) is 14.2 Å². The number of aromatic nitrogens is 2. The van der Waals surface area contributed by atoms with Gasteiger partial charge in [-0.1, -0.05) is 6.92 Å². The summed E-state index contributed by atoms with van der Waals surface area (Å²) in [5.41, 5.74) is 1.46. The fourth-order valence-electron chi connectivity index (χ4n) is 3.89. The first-order chi connectivity index (χ1) is 11.8. The van der Waals surface area contributed by atoms with Crippen LogP contribution < -0.4 is 10.1 Å². The molecule has 2 aromatic rings. The minimum Gasteiger partial charge on any atom is -0.474 e. The molecule has 0 unspecified atom stereocenters. The molecule has 5 nitrogen and oxygen atoms in total. The molecule has 0 radical (unpaired) electrons. The van der Waals surface area contributed by atoms with Gasteiger partial charge in [-0.25, -0.2) is 9.97 Å². The molecule has 2 aliphatic carbocycles. The molecule has 1 fully saturated rings. The molecule has 2 heterocycles. The molecule has 4 rings (SSSR count). The minimum absolute atomic E-state index is 0.301. The summed E-state index contributed by atoms with van der Waals surface area (Å²) in [4.78, 5) is 11.6.